The minimum Gasteiger partial charge on any atom is -0.490 e. The fourth-order valence-corrected chi connectivity index (χ4v) is 1.62. The minimum absolute atomic E-state index is 0.260. The molecule has 114 valence electrons. The monoisotopic (exact) mass is 280 g/mol. The predicted molar refractivity (Wildman–Crippen MR) is 84.5 cm³/mol. The molecule has 0 aromatic carbocycles. The maximum atomic E-state index is 5.44. The van der Waals surface area contributed by atoms with E-state index in [-0.39, 0.29) is 5.41 Å². The lowest BCUT2D eigenvalue weighted by Crippen LogP contribution is -2.25. The molecule has 1 rings (SSSR count). The molecular weight excluding hydrogens is 252 g/mol. The second-order valence-corrected chi connectivity index (χ2v) is 6.18. The molecule has 0 aliphatic rings. The highest BCUT2D eigenvalue weighted by molar-refractivity contribution is 5.63. The Labute approximate surface area is 122 Å². The summed E-state index contributed by atoms with van der Waals surface area (Å²) < 4.78 is 5.44. The second kappa shape index (κ2) is 7.31. The van der Waals surface area contributed by atoms with Crippen molar-refractivity contribution >= 4 is 11.6 Å². The fraction of sp³-hybridized carbons (Fsp3) is 0.733. The molecule has 0 saturated heterocycles. The molecule has 5 nitrogen and oxygen atoms in total. The molecule has 0 radical (unpaired) electrons. The zero-order chi connectivity index (χ0) is 15.2. The van der Waals surface area contributed by atoms with Crippen LogP contribution in [-0.2, 0) is 0 Å². The Hall–Kier alpha value is -1.52. The highest BCUT2D eigenvalue weighted by Crippen LogP contribution is 2.30. The van der Waals surface area contributed by atoms with E-state index < -0.39 is 0 Å². The Morgan fingerprint density at radius 1 is 1.20 bits per heavy atom. The van der Waals surface area contributed by atoms with E-state index in [1.165, 1.54) is 0 Å². The first kappa shape index (κ1) is 16.5. The number of ether oxygens (including phenoxy) is 1. The van der Waals surface area contributed by atoms with E-state index in [1.54, 1.807) is 13.4 Å². The van der Waals surface area contributed by atoms with Crippen LogP contribution >= 0.6 is 0 Å². The number of hydrogen-bond acceptors (Lipinski definition) is 5. The molecule has 0 bridgehead atoms. The molecule has 20 heavy (non-hydrogen) atoms. The van der Waals surface area contributed by atoms with Crippen LogP contribution in [-0.4, -0.2) is 30.2 Å². The summed E-state index contributed by atoms with van der Waals surface area (Å²) in [5.41, 5.74) is 0.260. The van der Waals surface area contributed by atoms with Gasteiger partial charge in [0.2, 0.25) is 5.75 Å². The summed E-state index contributed by atoms with van der Waals surface area (Å²) in [6.45, 7) is 12.8. The van der Waals surface area contributed by atoms with Gasteiger partial charge in [-0.3, -0.25) is 0 Å². The summed E-state index contributed by atoms with van der Waals surface area (Å²) in [7, 11) is 1.65. The third kappa shape index (κ3) is 4.54. The van der Waals surface area contributed by atoms with Gasteiger partial charge in [0.25, 0.3) is 0 Å². The van der Waals surface area contributed by atoms with E-state index in [0.29, 0.717) is 11.7 Å². The van der Waals surface area contributed by atoms with Crippen LogP contribution in [0.2, 0.25) is 0 Å². The van der Waals surface area contributed by atoms with Crippen LogP contribution in [0, 0.1) is 11.3 Å². The first-order valence-corrected chi connectivity index (χ1v) is 7.26. The lowest BCUT2D eigenvalue weighted by atomic mass is 9.82. The molecule has 1 aromatic heterocycles. The standard InChI is InChI=1S/C15H28N4O/c1-7-8-16-13-12(20-6)14(19-10-18-13)17-9-11(2)15(3,4)5/h10-11H,7-9H2,1-6H3,(H2,16,17,18,19). The molecular formula is C15H28N4O. The van der Waals surface area contributed by atoms with Crippen LogP contribution in [0.1, 0.15) is 41.0 Å². The number of methoxy groups -OCH3 is 1. The molecule has 0 saturated carbocycles. The maximum absolute atomic E-state index is 5.44. The van der Waals surface area contributed by atoms with Gasteiger partial charge in [0.05, 0.1) is 7.11 Å². The minimum atomic E-state index is 0.260. The number of anilines is 2. The van der Waals surface area contributed by atoms with Crippen molar-refractivity contribution in [2.45, 2.75) is 41.0 Å². The van der Waals surface area contributed by atoms with Gasteiger partial charge in [0, 0.05) is 13.1 Å². The number of nitrogens with one attached hydrogen (secondary N) is 2. The number of aromatic nitrogens is 2. The van der Waals surface area contributed by atoms with Crippen molar-refractivity contribution in [2.24, 2.45) is 11.3 Å². The van der Waals surface area contributed by atoms with Gasteiger partial charge >= 0.3 is 0 Å². The predicted octanol–water partition coefficient (Wildman–Crippen LogP) is 3.40. The first-order valence-electron chi connectivity index (χ1n) is 7.26. The normalized spacial score (nSPS) is 12.9. The van der Waals surface area contributed by atoms with Crippen molar-refractivity contribution in [3.8, 4) is 5.75 Å². The molecule has 1 atom stereocenters. The number of rotatable bonds is 7. The Morgan fingerprint density at radius 3 is 2.30 bits per heavy atom. The third-order valence-electron chi connectivity index (χ3n) is 3.60. The van der Waals surface area contributed by atoms with Gasteiger partial charge in [-0.15, -0.1) is 0 Å². The maximum Gasteiger partial charge on any atom is 0.204 e. The van der Waals surface area contributed by atoms with Crippen molar-refractivity contribution in [3.63, 3.8) is 0 Å². The van der Waals surface area contributed by atoms with E-state index in [0.717, 1.165) is 31.1 Å². The summed E-state index contributed by atoms with van der Waals surface area (Å²) >= 11 is 0. The van der Waals surface area contributed by atoms with E-state index in [1.807, 2.05) is 0 Å². The second-order valence-electron chi connectivity index (χ2n) is 6.18. The van der Waals surface area contributed by atoms with E-state index in [9.17, 15) is 0 Å². The Bertz CT molecular complexity index is 415. The third-order valence-corrected chi connectivity index (χ3v) is 3.60. The molecule has 1 heterocycles. The van der Waals surface area contributed by atoms with Crippen LogP contribution in [0.25, 0.3) is 0 Å². The van der Waals surface area contributed by atoms with Gasteiger partial charge in [-0.2, -0.15) is 0 Å². The number of hydrogen-bond donors (Lipinski definition) is 2. The van der Waals surface area contributed by atoms with Gasteiger partial charge < -0.3 is 15.4 Å². The Morgan fingerprint density at radius 2 is 1.80 bits per heavy atom. The Kier molecular flexibility index (Phi) is 6.05. The van der Waals surface area contributed by atoms with Gasteiger partial charge in [0.15, 0.2) is 11.6 Å². The quantitative estimate of drug-likeness (QED) is 0.801. The van der Waals surface area contributed by atoms with E-state index in [4.69, 9.17) is 4.74 Å². The SMILES string of the molecule is CCCNc1ncnc(NCC(C)C(C)(C)C)c1OC. The molecule has 0 fully saturated rings. The van der Waals surface area contributed by atoms with E-state index in [2.05, 4.69) is 55.2 Å². The van der Waals surface area contributed by atoms with Crippen molar-refractivity contribution in [1.29, 1.82) is 0 Å². The number of nitrogens with zero attached hydrogens (tertiary/aromatic N) is 2. The largest absolute Gasteiger partial charge is 0.490 e. The van der Waals surface area contributed by atoms with Crippen molar-refractivity contribution < 1.29 is 4.74 Å². The topological polar surface area (TPSA) is 59.1 Å². The van der Waals surface area contributed by atoms with Gasteiger partial charge in [-0.05, 0) is 17.8 Å². The highest BCUT2D eigenvalue weighted by atomic mass is 16.5. The van der Waals surface area contributed by atoms with Crippen LogP contribution in [0.4, 0.5) is 11.6 Å². The van der Waals surface area contributed by atoms with Gasteiger partial charge in [0.1, 0.15) is 6.33 Å². The average molecular weight is 280 g/mol. The first-order chi connectivity index (χ1) is 9.40. The summed E-state index contributed by atoms with van der Waals surface area (Å²) in [4.78, 5) is 8.52. The van der Waals surface area contributed by atoms with Crippen molar-refractivity contribution in [2.75, 3.05) is 30.8 Å². The molecule has 5 heteroatoms. The fourth-order valence-electron chi connectivity index (χ4n) is 1.62. The summed E-state index contributed by atoms with van der Waals surface area (Å²) in [5, 5.41) is 6.63. The molecule has 0 aliphatic heterocycles. The molecule has 1 unspecified atom stereocenters. The lowest BCUT2D eigenvalue weighted by molar-refractivity contribution is 0.274. The van der Waals surface area contributed by atoms with E-state index >= 15 is 0 Å². The van der Waals surface area contributed by atoms with Crippen molar-refractivity contribution in [3.05, 3.63) is 6.33 Å². The van der Waals surface area contributed by atoms with Crippen LogP contribution in [0.15, 0.2) is 6.33 Å². The molecule has 0 spiro atoms. The molecule has 0 aliphatic carbocycles. The zero-order valence-electron chi connectivity index (χ0n) is 13.6. The van der Waals surface area contributed by atoms with Gasteiger partial charge in [-0.1, -0.05) is 34.6 Å². The van der Waals surface area contributed by atoms with Crippen LogP contribution in [0.5, 0.6) is 5.75 Å². The smallest absolute Gasteiger partial charge is 0.204 e. The zero-order valence-corrected chi connectivity index (χ0v) is 13.6. The lowest BCUT2D eigenvalue weighted by Gasteiger charge is -2.27. The van der Waals surface area contributed by atoms with Crippen LogP contribution in [0.3, 0.4) is 0 Å². The van der Waals surface area contributed by atoms with Crippen LogP contribution < -0.4 is 15.4 Å². The van der Waals surface area contributed by atoms with Gasteiger partial charge in [-0.25, -0.2) is 9.97 Å². The summed E-state index contributed by atoms with van der Waals surface area (Å²) in [5.74, 6) is 2.70. The average Bonchev–Trinajstić information content (AvgIpc) is 2.41. The summed E-state index contributed by atoms with van der Waals surface area (Å²) in [6, 6.07) is 0. The molecule has 1 aromatic rings. The highest BCUT2D eigenvalue weighted by Gasteiger charge is 2.20. The van der Waals surface area contributed by atoms with Crippen molar-refractivity contribution in [1.82, 2.24) is 9.97 Å². The molecule has 2 N–H and O–H groups in total. The molecule has 0 amide bonds. The Balaban J connectivity index is 2.79. The summed E-state index contributed by atoms with van der Waals surface area (Å²) in [6.07, 6.45) is 2.60.